The second kappa shape index (κ2) is 2.73. The number of hydrogen-bond donors (Lipinski definition) is 0. The van der Waals surface area contributed by atoms with Crippen LogP contribution in [-0.2, 0) is 4.74 Å². The van der Waals surface area contributed by atoms with E-state index in [0.29, 0.717) is 6.54 Å². The van der Waals surface area contributed by atoms with E-state index in [-0.39, 0.29) is 12.1 Å². The molecule has 1 amide bonds. The molecule has 0 N–H and O–H groups in total. The van der Waals surface area contributed by atoms with Crippen molar-refractivity contribution < 1.29 is 9.53 Å². The van der Waals surface area contributed by atoms with Crippen LogP contribution in [0.5, 0.6) is 0 Å². The first-order valence-corrected chi connectivity index (χ1v) is 3.27. The molecule has 0 saturated carbocycles. The van der Waals surface area contributed by atoms with Crippen molar-refractivity contribution in [2.45, 2.75) is 13.0 Å². The summed E-state index contributed by atoms with van der Waals surface area (Å²) in [6.07, 6.45) is 3.69. The number of methoxy groups -OCH3 is 1. The lowest BCUT2D eigenvalue weighted by Gasteiger charge is -2.18. The second-order valence-electron chi connectivity index (χ2n) is 2.29. The van der Waals surface area contributed by atoms with Crippen LogP contribution < -0.4 is 0 Å². The van der Waals surface area contributed by atoms with E-state index in [2.05, 4.69) is 4.74 Å². The van der Waals surface area contributed by atoms with E-state index in [4.69, 9.17) is 0 Å². The molecule has 1 aliphatic heterocycles. The molecule has 0 saturated heterocycles. The standard InChI is InChI=1S/C7H11NO2/c1-6-4-3-5-8(6)7(9)10-2/h3-4,6H,5H2,1-2H3. The Labute approximate surface area is 60.3 Å². The van der Waals surface area contributed by atoms with Crippen molar-refractivity contribution >= 4 is 6.09 Å². The zero-order chi connectivity index (χ0) is 7.56. The molecular weight excluding hydrogens is 130 g/mol. The molecule has 0 spiro atoms. The highest BCUT2D eigenvalue weighted by Gasteiger charge is 2.20. The first-order valence-electron chi connectivity index (χ1n) is 3.27. The summed E-state index contributed by atoms with van der Waals surface area (Å²) in [5.41, 5.74) is 0. The van der Waals surface area contributed by atoms with Crippen LogP contribution in [0.2, 0.25) is 0 Å². The number of carbonyl (C=O) groups excluding carboxylic acids is 1. The Balaban J connectivity index is 2.51. The van der Waals surface area contributed by atoms with E-state index in [0.717, 1.165) is 0 Å². The van der Waals surface area contributed by atoms with Crippen molar-refractivity contribution in [3.8, 4) is 0 Å². The van der Waals surface area contributed by atoms with Gasteiger partial charge in [0, 0.05) is 6.54 Å². The fraction of sp³-hybridized carbons (Fsp3) is 0.571. The summed E-state index contributed by atoms with van der Waals surface area (Å²) < 4.78 is 4.55. The minimum atomic E-state index is -0.252. The summed E-state index contributed by atoms with van der Waals surface area (Å²) in [5.74, 6) is 0. The third-order valence-corrected chi connectivity index (χ3v) is 1.62. The first kappa shape index (κ1) is 7.12. The second-order valence-corrected chi connectivity index (χ2v) is 2.29. The summed E-state index contributed by atoms with van der Waals surface area (Å²) in [6.45, 7) is 2.63. The average molecular weight is 141 g/mol. The summed E-state index contributed by atoms with van der Waals surface area (Å²) in [6, 6.07) is 0.187. The highest BCUT2D eigenvalue weighted by Crippen LogP contribution is 2.09. The van der Waals surface area contributed by atoms with Gasteiger partial charge in [-0.25, -0.2) is 4.79 Å². The van der Waals surface area contributed by atoms with Gasteiger partial charge in [0.2, 0.25) is 0 Å². The minimum Gasteiger partial charge on any atom is -0.453 e. The van der Waals surface area contributed by atoms with Gasteiger partial charge in [-0.2, -0.15) is 0 Å². The predicted octanol–water partition coefficient (Wildman–Crippen LogP) is 1.01. The fourth-order valence-electron chi connectivity index (χ4n) is 1.000. The van der Waals surface area contributed by atoms with Gasteiger partial charge in [-0.3, -0.25) is 4.90 Å². The SMILES string of the molecule is COC(=O)N1CC=CC1C. The van der Waals surface area contributed by atoms with Gasteiger partial charge >= 0.3 is 6.09 Å². The molecule has 0 fully saturated rings. The molecule has 0 aliphatic carbocycles. The van der Waals surface area contributed by atoms with E-state index >= 15 is 0 Å². The highest BCUT2D eigenvalue weighted by atomic mass is 16.5. The maximum absolute atomic E-state index is 10.9. The van der Waals surface area contributed by atoms with Gasteiger partial charge in [0.15, 0.2) is 0 Å². The molecule has 1 unspecified atom stereocenters. The molecule has 1 rings (SSSR count). The topological polar surface area (TPSA) is 29.5 Å². The summed E-state index contributed by atoms with van der Waals surface area (Å²) in [5, 5.41) is 0. The van der Waals surface area contributed by atoms with Crippen LogP contribution in [-0.4, -0.2) is 30.7 Å². The van der Waals surface area contributed by atoms with E-state index in [1.165, 1.54) is 7.11 Å². The Bertz CT molecular complexity index is 165. The Morgan fingerprint density at radius 3 is 2.90 bits per heavy atom. The van der Waals surface area contributed by atoms with Crippen LogP contribution in [0, 0.1) is 0 Å². The third kappa shape index (κ3) is 1.12. The van der Waals surface area contributed by atoms with Crippen LogP contribution in [0.4, 0.5) is 4.79 Å². The minimum absolute atomic E-state index is 0.187. The number of rotatable bonds is 0. The molecule has 0 aromatic heterocycles. The van der Waals surface area contributed by atoms with Gasteiger partial charge in [0.1, 0.15) is 0 Å². The molecule has 0 bridgehead atoms. The predicted molar refractivity (Wildman–Crippen MR) is 37.7 cm³/mol. The van der Waals surface area contributed by atoms with Gasteiger partial charge in [-0.15, -0.1) is 0 Å². The van der Waals surface area contributed by atoms with Gasteiger partial charge in [-0.1, -0.05) is 12.2 Å². The third-order valence-electron chi connectivity index (χ3n) is 1.62. The van der Waals surface area contributed by atoms with Crippen LogP contribution >= 0.6 is 0 Å². The molecule has 56 valence electrons. The highest BCUT2D eigenvalue weighted by molar-refractivity contribution is 5.68. The van der Waals surface area contributed by atoms with Crippen molar-refractivity contribution in [3.05, 3.63) is 12.2 Å². The van der Waals surface area contributed by atoms with Gasteiger partial charge in [0.05, 0.1) is 13.2 Å². The largest absolute Gasteiger partial charge is 0.453 e. The molecule has 3 heteroatoms. The Hall–Kier alpha value is -0.990. The normalized spacial score (nSPS) is 23.4. The Morgan fingerprint density at radius 1 is 1.80 bits per heavy atom. The monoisotopic (exact) mass is 141 g/mol. The maximum Gasteiger partial charge on any atom is 0.410 e. The van der Waals surface area contributed by atoms with Crippen molar-refractivity contribution in [1.29, 1.82) is 0 Å². The lowest BCUT2D eigenvalue weighted by Crippen LogP contribution is -2.33. The molecule has 0 aromatic carbocycles. The van der Waals surface area contributed by atoms with Gasteiger partial charge < -0.3 is 4.74 Å². The molecule has 3 nitrogen and oxygen atoms in total. The molecular formula is C7H11NO2. The molecule has 10 heavy (non-hydrogen) atoms. The first-order chi connectivity index (χ1) is 4.75. The zero-order valence-electron chi connectivity index (χ0n) is 6.20. The van der Waals surface area contributed by atoms with Crippen molar-refractivity contribution in [3.63, 3.8) is 0 Å². The van der Waals surface area contributed by atoms with Gasteiger partial charge in [-0.05, 0) is 6.92 Å². The van der Waals surface area contributed by atoms with Crippen molar-refractivity contribution in [2.24, 2.45) is 0 Å². The molecule has 0 radical (unpaired) electrons. The summed E-state index contributed by atoms with van der Waals surface area (Å²) in [4.78, 5) is 12.5. The van der Waals surface area contributed by atoms with Gasteiger partial charge in [0.25, 0.3) is 0 Å². The van der Waals surface area contributed by atoms with E-state index < -0.39 is 0 Å². The number of amides is 1. The lowest BCUT2D eigenvalue weighted by atomic mass is 10.3. The summed E-state index contributed by atoms with van der Waals surface area (Å²) in [7, 11) is 1.40. The summed E-state index contributed by atoms with van der Waals surface area (Å²) >= 11 is 0. The smallest absolute Gasteiger partial charge is 0.410 e. The van der Waals surface area contributed by atoms with Crippen LogP contribution in [0.1, 0.15) is 6.92 Å². The van der Waals surface area contributed by atoms with Crippen LogP contribution in [0.3, 0.4) is 0 Å². The van der Waals surface area contributed by atoms with Crippen molar-refractivity contribution in [1.82, 2.24) is 4.90 Å². The average Bonchev–Trinajstić information content (AvgIpc) is 2.34. The van der Waals surface area contributed by atoms with Crippen LogP contribution in [0.15, 0.2) is 12.2 Å². The number of ether oxygens (including phenoxy) is 1. The molecule has 1 atom stereocenters. The lowest BCUT2D eigenvalue weighted by molar-refractivity contribution is 0.125. The van der Waals surface area contributed by atoms with Crippen molar-refractivity contribution in [2.75, 3.05) is 13.7 Å². The maximum atomic E-state index is 10.9. The molecule has 1 heterocycles. The van der Waals surface area contributed by atoms with E-state index in [1.807, 2.05) is 19.1 Å². The molecule has 0 aromatic rings. The fourth-order valence-corrected chi connectivity index (χ4v) is 1.000. The number of nitrogens with zero attached hydrogens (tertiary/aromatic N) is 1. The van der Waals surface area contributed by atoms with E-state index in [9.17, 15) is 4.79 Å². The van der Waals surface area contributed by atoms with E-state index in [1.54, 1.807) is 4.90 Å². The van der Waals surface area contributed by atoms with Crippen LogP contribution in [0.25, 0.3) is 0 Å². The zero-order valence-corrected chi connectivity index (χ0v) is 6.20. The Morgan fingerprint density at radius 2 is 2.50 bits per heavy atom. The quantitative estimate of drug-likeness (QED) is 0.471. The number of carbonyl (C=O) groups is 1. The molecule has 1 aliphatic rings. The Kier molecular flexibility index (Phi) is 1.94. The number of hydrogen-bond acceptors (Lipinski definition) is 2.